The third kappa shape index (κ3) is 4.51. The van der Waals surface area contributed by atoms with E-state index in [0.29, 0.717) is 0 Å². The third-order valence-corrected chi connectivity index (χ3v) is 13.5. The van der Waals surface area contributed by atoms with Gasteiger partial charge >= 0.3 is 0 Å². The standard InChI is InChI=1S/C48H31BS2/c1-2-14-30(15-3-1)32-26-27-39(34-17-5-4-16-33(32)34)47-37-20-8-6-18-35(37)46(36-19-7-9-21-38(36)47)31-28-44-48-45(29-31)51-43-25-13-11-23-41(43)49(48)40-22-10-12-24-42(40)50-44/h1-29,35,37H. The molecule has 238 valence electrons. The lowest BCUT2D eigenvalue weighted by molar-refractivity contribution is 0.686. The maximum absolute atomic E-state index is 2.52. The summed E-state index contributed by atoms with van der Waals surface area (Å²) in [5.74, 6) is 0.433. The fourth-order valence-corrected chi connectivity index (χ4v) is 11.6. The molecule has 51 heavy (non-hydrogen) atoms. The Morgan fingerprint density at radius 2 is 0.922 bits per heavy atom. The predicted octanol–water partition coefficient (Wildman–Crippen LogP) is 8.72. The van der Waals surface area contributed by atoms with E-state index in [1.807, 2.05) is 23.5 Å². The van der Waals surface area contributed by atoms with Crippen molar-refractivity contribution < 1.29 is 0 Å². The van der Waals surface area contributed by atoms with Crippen molar-refractivity contribution in [2.45, 2.75) is 19.6 Å². The maximum atomic E-state index is 2.52. The van der Waals surface area contributed by atoms with Gasteiger partial charge < -0.3 is 0 Å². The van der Waals surface area contributed by atoms with Crippen LogP contribution in [0.15, 0.2) is 196 Å². The number of rotatable bonds is 3. The van der Waals surface area contributed by atoms with E-state index in [9.17, 15) is 0 Å². The molecule has 0 radical (unpaired) electrons. The first-order valence-electron chi connectivity index (χ1n) is 17.8. The second-order valence-electron chi connectivity index (χ2n) is 13.9. The average Bonchev–Trinajstić information content (AvgIpc) is 3.19. The van der Waals surface area contributed by atoms with E-state index < -0.39 is 0 Å². The monoisotopic (exact) mass is 682 g/mol. The zero-order chi connectivity index (χ0) is 33.5. The first-order valence-corrected chi connectivity index (χ1v) is 19.4. The summed E-state index contributed by atoms with van der Waals surface area (Å²) in [6.07, 6.45) is 9.42. The van der Waals surface area contributed by atoms with Crippen LogP contribution in [0.3, 0.4) is 0 Å². The van der Waals surface area contributed by atoms with E-state index in [1.165, 1.54) is 90.6 Å². The van der Waals surface area contributed by atoms with E-state index in [4.69, 9.17) is 0 Å². The van der Waals surface area contributed by atoms with E-state index >= 15 is 0 Å². The van der Waals surface area contributed by atoms with Crippen molar-refractivity contribution in [2.75, 3.05) is 0 Å². The van der Waals surface area contributed by atoms with E-state index in [1.54, 1.807) is 0 Å². The molecule has 0 aromatic heterocycles. The summed E-state index contributed by atoms with van der Waals surface area (Å²) in [5.41, 5.74) is 12.4. The zero-order valence-electron chi connectivity index (χ0n) is 27.8. The van der Waals surface area contributed by atoms with Crippen LogP contribution in [-0.4, -0.2) is 6.71 Å². The fraction of sp³-hybridized carbons (Fsp3) is 0.0417. The SMILES string of the molecule is C1=CC2C(c3cc4c5c(c3)Sc3ccccc3B5c3ccccc3S4)=c3ccccc3=C(c3ccc(-c4ccccc4)c4ccccc34)C2C=C1. The Kier molecular flexibility index (Phi) is 6.75. The highest BCUT2D eigenvalue weighted by atomic mass is 32.2. The summed E-state index contributed by atoms with van der Waals surface area (Å²) < 4.78 is 0. The molecule has 0 bridgehead atoms. The highest BCUT2D eigenvalue weighted by molar-refractivity contribution is 8.01. The zero-order valence-corrected chi connectivity index (χ0v) is 29.4. The molecule has 0 N–H and O–H groups in total. The predicted molar refractivity (Wildman–Crippen MR) is 218 cm³/mol. The maximum Gasteiger partial charge on any atom is 0.247 e. The summed E-state index contributed by atoms with van der Waals surface area (Å²) in [6.45, 7) is 0.264. The molecular formula is C48H31BS2. The van der Waals surface area contributed by atoms with Gasteiger partial charge in [0.15, 0.2) is 0 Å². The van der Waals surface area contributed by atoms with Gasteiger partial charge in [0.2, 0.25) is 6.71 Å². The molecule has 2 atom stereocenters. The summed E-state index contributed by atoms with van der Waals surface area (Å²) >= 11 is 3.90. The summed E-state index contributed by atoms with van der Waals surface area (Å²) in [4.78, 5) is 5.52. The fourth-order valence-electron chi connectivity index (χ4n) is 9.10. The molecule has 2 aliphatic carbocycles. The largest absolute Gasteiger partial charge is 0.247 e. The van der Waals surface area contributed by atoms with Crippen LogP contribution >= 0.6 is 23.5 Å². The molecule has 2 heterocycles. The van der Waals surface area contributed by atoms with Crippen LogP contribution < -0.4 is 26.8 Å². The van der Waals surface area contributed by atoms with Gasteiger partial charge in [-0.3, -0.25) is 0 Å². The van der Waals surface area contributed by atoms with Crippen LogP contribution in [0, 0.1) is 11.8 Å². The Morgan fingerprint density at radius 3 is 1.59 bits per heavy atom. The van der Waals surface area contributed by atoms with Crippen molar-refractivity contribution in [1.82, 2.24) is 0 Å². The van der Waals surface area contributed by atoms with Gasteiger partial charge in [0, 0.05) is 31.4 Å². The van der Waals surface area contributed by atoms with Gasteiger partial charge in [-0.05, 0) is 84.3 Å². The molecule has 0 spiro atoms. The third-order valence-electron chi connectivity index (χ3n) is 11.2. The molecule has 0 nitrogen and oxygen atoms in total. The van der Waals surface area contributed by atoms with Crippen LogP contribution in [0.5, 0.6) is 0 Å². The second kappa shape index (κ2) is 11.7. The minimum atomic E-state index is 0.216. The molecular weight excluding hydrogens is 651 g/mol. The summed E-state index contributed by atoms with van der Waals surface area (Å²) in [7, 11) is 0. The second-order valence-corrected chi connectivity index (χ2v) is 16.0. The van der Waals surface area contributed by atoms with Crippen LogP contribution in [0.4, 0.5) is 0 Å². The lowest BCUT2D eigenvalue weighted by atomic mass is 9.36. The lowest BCUT2D eigenvalue weighted by Gasteiger charge is -2.36. The van der Waals surface area contributed by atoms with Crippen molar-refractivity contribution in [3.05, 3.63) is 198 Å². The molecule has 7 aromatic carbocycles. The molecule has 7 aromatic rings. The molecule has 2 unspecified atom stereocenters. The Balaban J connectivity index is 1.18. The van der Waals surface area contributed by atoms with Crippen LogP contribution in [0.25, 0.3) is 33.0 Å². The van der Waals surface area contributed by atoms with Crippen molar-refractivity contribution in [1.29, 1.82) is 0 Å². The summed E-state index contributed by atoms with van der Waals surface area (Å²) in [5, 5.41) is 5.29. The molecule has 11 rings (SSSR count). The number of hydrogen-bond donors (Lipinski definition) is 0. The van der Waals surface area contributed by atoms with Crippen LogP contribution in [0.1, 0.15) is 11.1 Å². The van der Waals surface area contributed by atoms with Crippen molar-refractivity contribution >= 4 is 68.5 Å². The lowest BCUT2D eigenvalue weighted by Crippen LogP contribution is -2.58. The van der Waals surface area contributed by atoms with E-state index in [-0.39, 0.29) is 18.5 Å². The highest BCUT2D eigenvalue weighted by Crippen LogP contribution is 2.46. The smallest absolute Gasteiger partial charge is 0.0911 e. The van der Waals surface area contributed by atoms with Crippen molar-refractivity contribution in [3.8, 4) is 11.1 Å². The van der Waals surface area contributed by atoms with Crippen LogP contribution in [-0.2, 0) is 0 Å². The molecule has 0 amide bonds. The van der Waals surface area contributed by atoms with Gasteiger partial charge in [-0.1, -0.05) is 186 Å². The van der Waals surface area contributed by atoms with E-state index in [2.05, 4.69) is 176 Å². The first kappa shape index (κ1) is 29.5. The first-order chi connectivity index (χ1) is 25.3. The number of hydrogen-bond acceptors (Lipinski definition) is 2. The van der Waals surface area contributed by atoms with E-state index in [0.717, 1.165) is 0 Å². The number of allylic oxidation sites excluding steroid dienone is 4. The topological polar surface area (TPSA) is 0 Å². The van der Waals surface area contributed by atoms with Gasteiger partial charge in [-0.25, -0.2) is 0 Å². The van der Waals surface area contributed by atoms with Gasteiger partial charge in [0.25, 0.3) is 0 Å². The quantitative estimate of drug-likeness (QED) is 0.171. The van der Waals surface area contributed by atoms with Gasteiger partial charge in [-0.2, -0.15) is 0 Å². The molecule has 0 fully saturated rings. The minimum Gasteiger partial charge on any atom is -0.0911 e. The average molecular weight is 683 g/mol. The highest BCUT2D eigenvalue weighted by Gasteiger charge is 2.39. The molecule has 4 aliphatic rings. The number of benzene rings is 7. The van der Waals surface area contributed by atoms with Gasteiger partial charge in [-0.15, -0.1) is 0 Å². The van der Waals surface area contributed by atoms with Crippen molar-refractivity contribution in [3.63, 3.8) is 0 Å². The molecule has 3 heteroatoms. The Labute approximate surface area is 307 Å². The Morgan fingerprint density at radius 1 is 0.412 bits per heavy atom. The van der Waals surface area contributed by atoms with Gasteiger partial charge in [0.1, 0.15) is 0 Å². The number of fused-ring (bicyclic) bond motifs is 7. The molecule has 0 saturated carbocycles. The molecule has 0 saturated heterocycles. The normalized spacial score (nSPS) is 17.8. The minimum absolute atomic E-state index is 0.216. The van der Waals surface area contributed by atoms with Crippen molar-refractivity contribution in [2.24, 2.45) is 11.8 Å². The van der Waals surface area contributed by atoms with Crippen LogP contribution in [0.2, 0.25) is 0 Å². The Hall–Kier alpha value is -5.22. The summed E-state index contributed by atoms with van der Waals surface area (Å²) in [6, 6.07) is 56.8. The Bertz CT molecular complexity index is 2710. The molecule has 2 aliphatic heterocycles. The van der Waals surface area contributed by atoms with Gasteiger partial charge in [0.05, 0.1) is 0 Å².